The van der Waals surface area contributed by atoms with Crippen LogP contribution in [-0.2, 0) is 4.74 Å². The summed E-state index contributed by atoms with van der Waals surface area (Å²) in [7, 11) is 0. The fraction of sp³-hybridized carbons (Fsp3) is 0.933. The van der Waals surface area contributed by atoms with Crippen LogP contribution in [0.15, 0.2) is 4.99 Å². The van der Waals surface area contributed by atoms with Crippen molar-refractivity contribution < 1.29 is 4.74 Å². The Morgan fingerprint density at radius 2 is 2.26 bits per heavy atom. The summed E-state index contributed by atoms with van der Waals surface area (Å²) in [5, 5.41) is 4.86. The van der Waals surface area contributed by atoms with Crippen molar-refractivity contribution >= 4 is 16.9 Å². The van der Waals surface area contributed by atoms with Gasteiger partial charge in [-0.25, -0.2) is 0 Å². The van der Waals surface area contributed by atoms with Crippen molar-refractivity contribution in [2.75, 3.05) is 12.4 Å². The molecule has 0 aromatic carbocycles. The molecule has 0 spiro atoms. The minimum atomic E-state index is 0.192. The average Bonchev–Trinajstić information content (AvgIpc) is 2.85. The lowest BCUT2D eigenvalue weighted by atomic mass is 9.65. The normalized spacial score (nSPS) is 42.6. The van der Waals surface area contributed by atoms with Gasteiger partial charge in [0.1, 0.15) is 0 Å². The molecule has 1 N–H and O–H groups in total. The number of amidine groups is 1. The maximum atomic E-state index is 5.79. The van der Waals surface area contributed by atoms with Crippen LogP contribution in [0.5, 0.6) is 0 Å². The highest BCUT2D eigenvalue weighted by Gasteiger charge is 2.49. The van der Waals surface area contributed by atoms with Crippen LogP contribution >= 0.6 is 11.8 Å². The third-order valence-electron chi connectivity index (χ3n) is 5.17. The van der Waals surface area contributed by atoms with Gasteiger partial charge in [-0.3, -0.25) is 4.99 Å². The van der Waals surface area contributed by atoms with Crippen LogP contribution in [0.2, 0.25) is 0 Å². The number of nitrogens with one attached hydrogen (secondary N) is 1. The van der Waals surface area contributed by atoms with Crippen molar-refractivity contribution in [3.63, 3.8) is 0 Å². The Hall–Kier alpha value is -0.220. The highest BCUT2D eigenvalue weighted by atomic mass is 32.2. The molecule has 0 amide bonds. The summed E-state index contributed by atoms with van der Waals surface area (Å²) in [6.45, 7) is 7.47. The van der Waals surface area contributed by atoms with Crippen LogP contribution in [0.1, 0.15) is 46.5 Å². The van der Waals surface area contributed by atoms with Crippen molar-refractivity contribution in [1.82, 2.24) is 5.32 Å². The highest BCUT2D eigenvalue weighted by Crippen LogP contribution is 2.45. The first-order chi connectivity index (χ1) is 9.11. The van der Waals surface area contributed by atoms with Crippen LogP contribution in [0.3, 0.4) is 0 Å². The standard InChI is InChI=1S/C15H26N2OS/c1-4-18-13-8-12(15(13,2)3)17-14-16-11-7-5-6-10(11)9-19-14/h10-13H,4-9H2,1-3H3,(H,16,17). The van der Waals surface area contributed by atoms with Crippen LogP contribution < -0.4 is 5.32 Å². The molecule has 4 unspecified atom stereocenters. The molecule has 1 aliphatic heterocycles. The van der Waals surface area contributed by atoms with E-state index in [9.17, 15) is 0 Å². The summed E-state index contributed by atoms with van der Waals surface area (Å²) in [6, 6.07) is 1.13. The lowest BCUT2D eigenvalue weighted by Gasteiger charge is -2.49. The number of rotatable bonds is 3. The predicted molar refractivity (Wildman–Crippen MR) is 81.8 cm³/mol. The zero-order valence-corrected chi connectivity index (χ0v) is 13.1. The van der Waals surface area contributed by atoms with Gasteiger partial charge in [-0.15, -0.1) is 0 Å². The fourth-order valence-corrected chi connectivity index (χ4v) is 4.80. The molecule has 0 aromatic heterocycles. The summed E-state index contributed by atoms with van der Waals surface area (Å²) in [5.74, 6) is 2.15. The van der Waals surface area contributed by atoms with E-state index in [2.05, 4.69) is 26.1 Å². The summed E-state index contributed by atoms with van der Waals surface area (Å²) in [6.07, 6.45) is 5.59. The van der Waals surface area contributed by atoms with E-state index in [1.807, 2.05) is 11.8 Å². The van der Waals surface area contributed by atoms with E-state index in [0.29, 0.717) is 18.2 Å². The number of hydrogen-bond acceptors (Lipinski definition) is 3. The van der Waals surface area contributed by atoms with Crippen molar-refractivity contribution in [3.05, 3.63) is 0 Å². The smallest absolute Gasteiger partial charge is 0.157 e. The largest absolute Gasteiger partial charge is 0.378 e. The maximum Gasteiger partial charge on any atom is 0.157 e. The molecule has 1 saturated heterocycles. The topological polar surface area (TPSA) is 33.6 Å². The van der Waals surface area contributed by atoms with E-state index in [1.54, 1.807) is 0 Å². The first-order valence-corrected chi connectivity index (χ1v) is 8.68. The summed E-state index contributed by atoms with van der Waals surface area (Å²) >= 11 is 1.93. The summed E-state index contributed by atoms with van der Waals surface area (Å²) in [4.78, 5) is 4.98. The molecule has 3 nitrogen and oxygen atoms in total. The monoisotopic (exact) mass is 282 g/mol. The fourth-order valence-electron chi connectivity index (χ4n) is 3.60. The van der Waals surface area contributed by atoms with Gasteiger partial charge < -0.3 is 10.1 Å². The molecule has 3 fully saturated rings. The predicted octanol–water partition coefficient (Wildman–Crippen LogP) is 3.05. The van der Waals surface area contributed by atoms with Crippen LogP contribution in [-0.4, -0.2) is 35.7 Å². The molecule has 0 radical (unpaired) electrons. The van der Waals surface area contributed by atoms with E-state index < -0.39 is 0 Å². The van der Waals surface area contributed by atoms with Gasteiger partial charge in [0.2, 0.25) is 0 Å². The van der Waals surface area contributed by atoms with E-state index in [1.165, 1.54) is 30.2 Å². The highest BCUT2D eigenvalue weighted by molar-refractivity contribution is 8.13. The van der Waals surface area contributed by atoms with E-state index in [0.717, 1.165) is 18.9 Å². The third-order valence-corrected chi connectivity index (χ3v) is 6.26. The van der Waals surface area contributed by atoms with E-state index in [4.69, 9.17) is 9.73 Å². The Bertz CT molecular complexity index is 369. The summed E-state index contributed by atoms with van der Waals surface area (Å²) < 4.78 is 5.79. The van der Waals surface area contributed by atoms with Crippen molar-refractivity contribution in [3.8, 4) is 0 Å². The maximum absolute atomic E-state index is 5.79. The number of ether oxygens (including phenoxy) is 1. The lowest BCUT2D eigenvalue weighted by Crippen LogP contribution is -2.54. The lowest BCUT2D eigenvalue weighted by molar-refractivity contribution is -0.103. The molecule has 2 aliphatic carbocycles. The minimum absolute atomic E-state index is 0.192. The van der Waals surface area contributed by atoms with Gasteiger partial charge >= 0.3 is 0 Å². The first-order valence-electron chi connectivity index (χ1n) is 7.70. The third kappa shape index (κ3) is 2.54. The van der Waals surface area contributed by atoms with Crippen molar-refractivity contribution in [2.24, 2.45) is 16.3 Å². The van der Waals surface area contributed by atoms with Crippen LogP contribution in [0.4, 0.5) is 0 Å². The molecule has 3 rings (SSSR count). The van der Waals surface area contributed by atoms with Crippen molar-refractivity contribution in [1.29, 1.82) is 0 Å². The van der Waals surface area contributed by atoms with Gasteiger partial charge in [-0.2, -0.15) is 0 Å². The van der Waals surface area contributed by atoms with Gasteiger partial charge in [-0.05, 0) is 32.1 Å². The second kappa shape index (κ2) is 5.28. The number of nitrogens with zero attached hydrogens (tertiary/aromatic N) is 1. The van der Waals surface area contributed by atoms with Gasteiger partial charge in [0, 0.05) is 23.8 Å². The molecule has 0 aromatic rings. The van der Waals surface area contributed by atoms with Crippen LogP contribution in [0, 0.1) is 11.3 Å². The quantitative estimate of drug-likeness (QED) is 0.864. The number of fused-ring (bicyclic) bond motifs is 1. The van der Waals surface area contributed by atoms with E-state index >= 15 is 0 Å². The Morgan fingerprint density at radius 3 is 3.00 bits per heavy atom. The molecule has 19 heavy (non-hydrogen) atoms. The Morgan fingerprint density at radius 1 is 1.42 bits per heavy atom. The number of aliphatic imine (C=N–C) groups is 1. The second-order valence-electron chi connectivity index (χ2n) is 6.70. The zero-order chi connectivity index (χ0) is 13.5. The molecular weight excluding hydrogens is 256 g/mol. The Labute approximate surface area is 121 Å². The second-order valence-corrected chi connectivity index (χ2v) is 7.71. The molecule has 4 atom stereocenters. The average molecular weight is 282 g/mol. The van der Waals surface area contributed by atoms with Crippen LogP contribution in [0.25, 0.3) is 0 Å². The first kappa shape index (κ1) is 13.7. The molecular formula is C15H26N2OS. The molecule has 4 heteroatoms. The van der Waals surface area contributed by atoms with Crippen molar-refractivity contribution in [2.45, 2.75) is 64.6 Å². The molecule has 2 saturated carbocycles. The Kier molecular flexibility index (Phi) is 3.82. The molecule has 1 heterocycles. The number of hydrogen-bond donors (Lipinski definition) is 1. The zero-order valence-electron chi connectivity index (χ0n) is 12.3. The molecule has 3 aliphatic rings. The Balaban J connectivity index is 1.60. The van der Waals surface area contributed by atoms with E-state index in [-0.39, 0.29) is 5.41 Å². The van der Waals surface area contributed by atoms with Gasteiger partial charge in [0.15, 0.2) is 5.17 Å². The van der Waals surface area contributed by atoms with Gasteiger partial charge in [-0.1, -0.05) is 32.0 Å². The SMILES string of the molecule is CCOC1CC(N=C2NC3CCCC3CS2)C1(C)C. The minimum Gasteiger partial charge on any atom is -0.378 e. The molecule has 0 bridgehead atoms. The van der Waals surface area contributed by atoms with Gasteiger partial charge in [0.05, 0.1) is 12.1 Å². The summed E-state index contributed by atoms with van der Waals surface area (Å²) in [5.41, 5.74) is 0.192. The van der Waals surface area contributed by atoms with Gasteiger partial charge in [0.25, 0.3) is 0 Å². The number of thioether (sulfide) groups is 1. The molecule has 108 valence electrons.